The highest BCUT2D eigenvalue weighted by Gasteiger charge is 2.10. The van der Waals surface area contributed by atoms with Gasteiger partial charge in [-0.25, -0.2) is 8.78 Å². The zero-order valence-electron chi connectivity index (χ0n) is 8.77. The molecule has 2 heteroatoms. The summed E-state index contributed by atoms with van der Waals surface area (Å²) >= 11 is 0. The van der Waals surface area contributed by atoms with Crippen LogP contribution in [0.4, 0.5) is 8.78 Å². The molecule has 2 aromatic carbocycles. The Hall–Kier alpha value is -1.44. The fourth-order valence-electron chi connectivity index (χ4n) is 1.77. The molecule has 15 heavy (non-hydrogen) atoms. The maximum Gasteiger partial charge on any atom is 0.134 e. The Morgan fingerprint density at radius 3 is 2.47 bits per heavy atom. The Balaban J connectivity index is 2.87. The molecule has 0 aliphatic rings. The van der Waals surface area contributed by atoms with Gasteiger partial charge in [0, 0.05) is 10.8 Å². The van der Waals surface area contributed by atoms with E-state index >= 15 is 0 Å². The van der Waals surface area contributed by atoms with Gasteiger partial charge in [-0.1, -0.05) is 24.6 Å². The topological polar surface area (TPSA) is 0 Å². The normalized spacial score (nSPS) is 10.9. The highest BCUT2D eigenvalue weighted by molar-refractivity contribution is 5.85. The largest absolute Gasteiger partial charge is 0.206 e. The Bertz CT molecular complexity index is 515. The van der Waals surface area contributed by atoms with E-state index in [1.54, 1.807) is 18.2 Å². The van der Waals surface area contributed by atoms with Crippen molar-refractivity contribution in [1.29, 1.82) is 0 Å². The van der Waals surface area contributed by atoms with Crippen LogP contribution in [0.5, 0.6) is 0 Å². The van der Waals surface area contributed by atoms with Gasteiger partial charge in [0.05, 0.1) is 0 Å². The molecule has 0 atom stereocenters. The molecule has 0 aliphatic heterocycles. The lowest BCUT2D eigenvalue weighted by atomic mass is 10.0. The zero-order valence-corrected chi connectivity index (χ0v) is 8.77. The molecule has 0 N–H and O–H groups in total. The minimum atomic E-state index is -0.341. The number of benzene rings is 2. The molecule has 0 saturated heterocycles. The van der Waals surface area contributed by atoms with Gasteiger partial charge in [0.25, 0.3) is 0 Å². The molecule has 2 rings (SSSR count). The summed E-state index contributed by atoms with van der Waals surface area (Å²) in [5.74, 6) is -0.638. The summed E-state index contributed by atoms with van der Waals surface area (Å²) in [5.41, 5.74) is 1.37. The fraction of sp³-hybridized carbons (Fsp3) is 0.231. The molecule has 0 aromatic heterocycles. The Morgan fingerprint density at radius 2 is 1.80 bits per heavy atom. The van der Waals surface area contributed by atoms with Crippen LogP contribution in [0.1, 0.15) is 18.1 Å². The van der Waals surface area contributed by atoms with Gasteiger partial charge in [0.1, 0.15) is 11.6 Å². The van der Waals surface area contributed by atoms with Crippen LogP contribution in [0.2, 0.25) is 0 Å². The van der Waals surface area contributed by atoms with Crippen molar-refractivity contribution < 1.29 is 8.78 Å². The first kappa shape index (κ1) is 10.1. The number of aryl methyl sites for hydroxylation is 2. The summed E-state index contributed by atoms with van der Waals surface area (Å²) in [5, 5.41) is 0.738. The van der Waals surface area contributed by atoms with Crippen molar-refractivity contribution in [2.45, 2.75) is 20.3 Å². The molecule has 78 valence electrons. The molecule has 0 aliphatic carbocycles. The van der Waals surface area contributed by atoms with E-state index in [4.69, 9.17) is 0 Å². The maximum atomic E-state index is 13.8. The molecule has 0 nitrogen and oxygen atoms in total. The molecule has 0 fully saturated rings. The fourth-order valence-corrected chi connectivity index (χ4v) is 1.77. The molecule has 0 bridgehead atoms. The monoisotopic (exact) mass is 206 g/mol. The van der Waals surface area contributed by atoms with E-state index in [9.17, 15) is 8.78 Å². The van der Waals surface area contributed by atoms with E-state index in [0.717, 1.165) is 5.56 Å². The van der Waals surface area contributed by atoms with Gasteiger partial charge in [-0.15, -0.1) is 0 Å². The lowest BCUT2D eigenvalue weighted by Crippen LogP contribution is -1.93. The first-order valence-corrected chi connectivity index (χ1v) is 5.00. The standard InChI is InChI=1S/C13H12F2/c1-3-9-7-12(14)11-6-8(2)4-5-10(11)13(9)15/h4-7H,3H2,1-2H3. The van der Waals surface area contributed by atoms with Crippen LogP contribution in [-0.4, -0.2) is 0 Å². The van der Waals surface area contributed by atoms with Crippen LogP contribution in [0, 0.1) is 18.6 Å². The molecule has 0 spiro atoms. The number of fused-ring (bicyclic) bond motifs is 1. The SMILES string of the molecule is CCc1cc(F)c2cc(C)ccc2c1F. The van der Waals surface area contributed by atoms with Crippen LogP contribution < -0.4 is 0 Å². The minimum absolute atomic E-state index is 0.297. The highest BCUT2D eigenvalue weighted by Crippen LogP contribution is 2.25. The molecular formula is C13H12F2. The third-order valence-corrected chi connectivity index (χ3v) is 2.63. The van der Waals surface area contributed by atoms with Crippen molar-refractivity contribution in [2.24, 2.45) is 0 Å². The lowest BCUT2D eigenvalue weighted by Gasteiger charge is -2.06. The van der Waals surface area contributed by atoms with Gasteiger partial charge < -0.3 is 0 Å². The number of rotatable bonds is 1. The predicted molar refractivity (Wildman–Crippen MR) is 58.0 cm³/mol. The number of hydrogen-bond donors (Lipinski definition) is 0. The summed E-state index contributed by atoms with van der Waals surface area (Å²) in [6.45, 7) is 3.68. The highest BCUT2D eigenvalue weighted by atomic mass is 19.1. The van der Waals surface area contributed by atoms with Crippen LogP contribution >= 0.6 is 0 Å². The van der Waals surface area contributed by atoms with E-state index in [0.29, 0.717) is 22.8 Å². The summed E-state index contributed by atoms with van der Waals surface area (Å²) in [6, 6.07) is 6.40. The van der Waals surface area contributed by atoms with Crippen LogP contribution in [0.15, 0.2) is 24.3 Å². The van der Waals surface area contributed by atoms with Crippen molar-refractivity contribution in [2.75, 3.05) is 0 Å². The van der Waals surface area contributed by atoms with Gasteiger partial charge >= 0.3 is 0 Å². The maximum absolute atomic E-state index is 13.8. The summed E-state index contributed by atoms with van der Waals surface area (Å²) in [4.78, 5) is 0. The minimum Gasteiger partial charge on any atom is -0.206 e. The van der Waals surface area contributed by atoms with Gasteiger partial charge in [-0.05, 0) is 31.0 Å². The second-order valence-corrected chi connectivity index (χ2v) is 3.73. The van der Waals surface area contributed by atoms with E-state index < -0.39 is 0 Å². The van der Waals surface area contributed by atoms with Crippen molar-refractivity contribution in [3.05, 3.63) is 47.0 Å². The molecule has 0 radical (unpaired) electrons. The molecule has 0 saturated carbocycles. The van der Waals surface area contributed by atoms with Gasteiger partial charge in [-0.3, -0.25) is 0 Å². The van der Waals surface area contributed by atoms with E-state index in [1.807, 2.05) is 13.8 Å². The average Bonchev–Trinajstić information content (AvgIpc) is 2.23. The second-order valence-electron chi connectivity index (χ2n) is 3.73. The van der Waals surface area contributed by atoms with Crippen molar-refractivity contribution >= 4 is 10.8 Å². The predicted octanol–water partition coefficient (Wildman–Crippen LogP) is 3.99. The summed E-state index contributed by atoms with van der Waals surface area (Å²) in [6.07, 6.45) is 0.507. The van der Waals surface area contributed by atoms with Gasteiger partial charge in [0.2, 0.25) is 0 Å². The molecule has 0 amide bonds. The van der Waals surface area contributed by atoms with Crippen molar-refractivity contribution in [3.8, 4) is 0 Å². The third kappa shape index (κ3) is 1.60. The van der Waals surface area contributed by atoms with Crippen LogP contribution in [-0.2, 0) is 6.42 Å². The van der Waals surface area contributed by atoms with Crippen LogP contribution in [0.3, 0.4) is 0 Å². The molecule has 2 aromatic rings. The quantitative estimate of drug-likeness (QED) is 0.661. The smallest absolute Gasteiger partial charge is 0.134 e. The Morgan fingerprint density at radius 1 is 1.07 bits per heavy atom. The number of hydrogen-bond acceptors (Lipinski definition) is 0. The van der Waals surface area contributed by atoms with Gasteiger partial charge in [0.15, 0.2) is 0 Å². The third-order valence-electron chi connectivity index (χ3n) is 2.63. The number of halogens is 2. The molecule has 0 unspecified atom stereocenters. The summed E-state index contributed by atoms with van der Waals surface area (Å²) in [7, 11) is 0. The summed E-state index contributed by atoms with van der Waals surface area (Å²) < 4.78 is 27.4. The first-order chi connectivity index (χ1) is 7.13. The first-order valence-electron chi connectivity index (χ1n) is 5.00. The Kier molecular flexibility index (Phi) is 2.43. The molecule has 0 heterocycles. The van der Waals surface area contributed by atoms with Gasteiger partial charge in [-0.2, -0.15) is 0 Å². The van der Waals surface area contributed by atoms with E-state index in [-0.39, 0.29) is 11.6 Å². The Labute approximate surface area is 87.5 Å². The second kappa shape index (κ2) is 3.61. The van der Waals surface area contributed by atoms with Crippen LogP contribution in [0.25, 0.3) is 10.8 Å². The molecular weight excluding hydrogens is 194 g/mol. The van der Waals surface area contributed by atoms with E-state index in [1.165, 1.54) is 6.07 Å². The lowest BCUT2D eigenvalue weighted by molar-refractivity contribution is 0.604. The van der Waals surface area contributed by atoms with Crippen molar-refractivity contribution in [3.63, 3.8) is 0 Å². The van der Waals surface area contributed by atoms with E-state index in [2.05, 4.69) is 0 Å². The van der Waals surface area contributed by atoms with Crippen molar-refractivity contribution in [1.82, 2.24) is 0 Å². The zero-order chi connectivity index (χ0) is 11.0. The average molecular weight is 206 g/mol.